The number of hydrogen-bond donors (Lipinski definition) is 2. The number of hydrogen-bond acceptors (Lipinski definition) is 4. The van der Waals surface area contributed by atoms with E-state index in [-0.39, 0.29) is 10.1 Å². The Bertz CT molecular complexity index is 531. The van der Waals surface area contributed by atoms with Gasteiger partial charge in [0.1, 0.15) is 10.3 Å². The summed E-state index contributed by atoms with van der Waals surface area (Å²) in [4.78, 5) is 11.0. The van der Waals surface area contributed by atoms with Crippen molar-refractivity contribution in [1.82, 2.24) is 4.72 Å². The van der Waals surface area contributed by atoms with E-state index >= 15 is 0 Å². The van der Waals surface area contributed by atoms with Crippen LogP contribution in [0.5, 0.6) is 0 Å². The maximum absolute atomic E-state index is 12.0. The first-order valence-corrected chi connectivity index (χ1v) is 7.84. The van der Waals surface area contributed by atoms with Crippen LogP contribution in [0.4, 0.5) is 0 Å². The molecular formula is C10H14ClNO4S2. The topological polar surface area (TPSA) is 83.5 Å². The first kappa shape index (κ1) is 15.4. The molecule has 18 heavy (non-hydrogen) atoms. The fraction of sp³-hybridized carbons (Fsp3) is 0.500. The summed E-state index contributed by atoms with van der Waals surface area (Å²) < 4.78 is 26.6. The van der Waals surface area contributed by atoms with E-state index < -0.39 is 22.0 Å². The smallest absolute Gasteiger partial charge is 0.322 e. The van der Waals surface area contributed by atoms with Crippen molar-refractivity contribution in [1.29, 1.82) is 0 Å². The number of sulfonamides is 1. The highest BCUT2D eigenvalue weighted by molar-refractivity contribution is 7.91. The highest BCUT2D eigenvalue weighted by Crippen LogP contribution is 2.30. The van der Waals surface area contributed by atoms with Crippen LogP contribution in [0.3, 0.4) is 0 Å². The number of carboxylic acids is 1. The van der Waals surface area contributed by atoms with Crippen LogP contribution in [-0.4, -0.2) is 25.5 Å². The van der Waals surface area contributed by atoms with Crippen LogP contribution in [-0.2, 0) is 14.8 Å². The Balaban J connectivity index is 3.04. The fourth-order valence-corrected chi connectivity index (χ4v) is 4.32. The van der Waals surface area contributed by atoms with E-state index in [4.69, 9.17) is 16.7 Å². The number of halogens is 1. The van der Waals surface area contributed by atoms with Crippen LogP contribution in [0.1, 0.15) is 19.4 Å². The van der Waals surface area contributed by atoms with Gasteiger partial charge < -0.3 is 5.11 Å². The molecule has 1 atom stereocenters. The molecule has 0 fully saturated rings. The van der Waals surface area contributed by atoms with E-state index in [0.29, 0.717) is 9.90 Å². The first-order valence-electron chi connectivity index (χ1n) is 5.16. The maximum Gasteiger partial charge on any atom is 0.322 e. The van der Waals surface area contributed by atoms with Gasteiger partial charge >= 0.3 is 5.97 Å². The molecule has 0 radical (unpaired) electrons. The third-order valence-electron chi connectivity index (χ3n) is 2.31. The van der Waals surface area contributed by atoms with Gasteiger partial charge in [-0.2, -0.15) is 4.72 Å². The SMILES string of the molecule is Cc1cc(S(=O)(=O)N[C@H](C(=O)O)C(C)C)sc1Cl. The zero-order valence-corrected chi connectivity index (χ0v) is 12.5. The lowest BCUT2D eigenvalue weighted by atomic mass is 10.1. The normalized spacial score (nSPS) is 13.8. The van der Waals surface area contributed by atoms with Crippen LogP contribution in [0.2, 0.25) is 4.34 Å². The van der Waals surface area contributed by atoms with Gasteiger partial charge in [0, 0.05) is 0 Å². The fourth-order valence-electron chi connectivity index (χ4n) is 1.26. The van der Waals surface area contributed by atoms with Gasteiger partial charge in [0.2, 0.25) is 0 Å². The summed E-state index contributed by atoms with van der Waals surface area (Å²) in [6.45, 7) is 4.96. The maximum atomic E-state index is 12.0. The van der Waals surface area contributed by atoms with Gasteiger partial charge in [0.25, 0.3) is 10.0 Å². The molecule has 1 aromatic heterocycles. The molecule has 0 spiro atoms. The van der Waals surface area contributed by atoms with Gasteiger partial charge in [-0.15, -0.1) is 11.3 Å². The van der Waals surface area contributed by atoms with Crippen LogP contribution >= 0.6 is 22.9 Å². The molecule has 0 aliphatic heterocycles. The van der Waals surface area contributed by atoms with Crippen LogP contribution < -0.4 is 4.72 Å². The van der Waals surface area contributed by atoms with Gasteiger partial charge in [-0.1, -0.05) is 25.4 Å². The molecule has 0 saturated heterocycles. The molecule has 0 aromatic carbocycles. The average Bonchev–Trinajstić information content (AvgIpc) is 2.56. The predicted molar refractivity (Wildman–Crippen MR) is 70.6 cm³/mol. The summed E-state index contributed by atoms with van der Waals surface area (Å²) in [5, 5.41) is 8.96. The highest BCUT2D eigenvalue weighted by atomic mass is 35.5. The minimum absolute atomic E-state index is 0.0249. The van der Waals surface area contributed by atoms with Gasteiger partial charge in [-0.3, -0.25) is 4.79 Å². The summed E-state index contributed by atoms with van der Waals surface area (Å²) in [5.41, 5.74) is 0.651. The van der Waals surface area contributed by atoms with E-state index in [2.05, 4.69) is 4.72 Å². The highest BCUT2D eigenvalue weighted by Gasteiger charge is 2.29. The van der Waals surface area contributed by atoms with Gasteiger partial charge in [0.15, 0.2) is 0 Å². The molecule has 0 bridgehead atoms. The van der Waals surface area contributed by atoms with Crippen molar-refractivity contribution in [3.8, 4) is 0 Å². The Kier molecular flexibility index (Phi) is 4.77. The number of carboxylic acid groups (broad SMARTS) is 1. The molecule has 0 aliphatic carbocycles. The van der Waals surface area contributed by atoms with Crippen LogP contribution in [0, 0.1) is 12.8 Å². The average molecular weight is 312 g/mol. The lowest BCUT2D eigenvalue weighted by molar-refractivity contribution is -0.140. The third-order valence-corrected chi connectivity index (χ3v) is 5.78. The largest absolute Gasteiger partial charge is 0.480 e. The van der Waals surface area contributed by atoms with Crippen LogP contribution in [0.25, 0.3) is 0 Å². The monoisotopic (exact) mass is 311 g/mol. The predicted octanol–water partition coefficient (Wildman–Crippen LogP) is 2.10. The molecule has 102 valence electrons. The van der Waals surface area contributed by atoms with Crippen molar-refractivity contribution < 1.29 is 18.3 Å². The minimum Gasteiger partial charge on any atom is -0.480 e. The summed E-state index contributed by atoms with van der Waals surface area (Å²) in [7, 11) is -3.85. The number of rotatable bonds is 5. The van der Waals surface area contributed by atoms with E-state index in [1.807, 2.05) is 0 Å². The molecule has 5 nitrogen and oxygen atoms in total. The van der Waals surface area contributed by atoms with Crippen molar-refractivity contribution in [2.24, 2.45) is 5.92 Å². The standard InChI is InChI=1S/C10H14ClNO4S2/c1-5(2)8(10(13)14)12-18(15,16)7-4-6(3)9(11)17-7/h4-5,8,12H,1-3H3,(H,13,14)/t8-/m0/s1. The number of aryl methyl sites for hydroxylation is 1. The van der Waals surface area contributed by atoms with Crippen molar-refractivity contribution >= 4 is 38.9 Å². The molecule has 1 rings (SSSR count). The van der Waals surface area contributed by atoms with Crippen molar-refractivity contribution in [3.05, 3.63) is 16.0 Å². The molecule has 8 heteroatoms. The zero-order valence-electron chi connectivity index (χ0n) is 10.1. The van der Waals surface area contributed by atoms with E-state index in [1.165, 1.54) is 6.07 Å². The second kappa shape index (κ2) is 5.56. The number of nitrogens with one attached hydrogen (secondary N) is 1. The lowest BCUT2D eigenvalue weighted by Crippen LogP contribution is -2.43. The zero-order chi connectivity index (χ0) is 14.1. The molecule has 0 aliphatic rings. The van der Waals surface area contributed by atoms with Gasteiger partial charge in [0.05, 0.1) is 4.34 Å². The molecule has 0 saturated carbocycles. The van der Waals surface area contributed by atoms with Crippen molar-refractivity contribution in [3.63, 3.8) is 0 Å². The first-order chi connectivity index (χ1) is 8.15. The Morgan fingerprint density at radius 1 is 1.50 bits per heavy atom. The minimum atomic E-state index is -3.85. The molecule has 0 amide bonds. The van der Waals surface area contributed by atoms with Gasteiger partial charge in [-0.05, 0) is 24.5 Å². The van der Waals surface area contributed by atoms with E-state index in [9.17, 15) is 13.2 Å². The third kappa shape index (κ3) is 3.44. The second-order valence-electron chi connectivity index (χ2n) is 4.20. The van der Waals surface area contributed by atoms with E-state index in [1.54, 1.807) is 20.8 Å². The van der Waals surface area contributed by atoms with Crippen molar-refractivity contribution in [2.45, 2.75) is 31.0 Å². The summed E-state index contributed by atoms with van der Waals surface area (Å²) >= 11 is 6.72. The Morgan fingerprint density at radius 2 is 2.06 bits per heavy atom. The quantitative estimate of drug-likeness (QED) is 0.872. The van der Waals surface area contributed by atoms with Crippen molar-refractivity contribution in [2.75, 3.05) is 0 Å². The molecule has 1 heterocycles. The molecular weight excluding hydrogens is 298 g/mol. The number of thiophene rings is 1. The Hall–Kier alpha value is -0.630. The number of carbonyl (C=O) groups is 1. The lowest BCUT2D eigenvalue weighted by Gasteiger charge is -2.17. The number of aliphatic carboxylic acids is 1. The van der Waals surface area contributed by atoms with Gasteiger partial charge in [-0.25, -0.2) is 8.42 Å². The van der Waals surface area contributed by atoms with E-state index in [0.717, 1.165) is 11.3 Å². The molecule has 1 aromatic rings. The molecule has 2 N–H and O–H groups in total. The summed E-state index contributed by atoms with van der Waals surface area (Å²) in [6, 6.07) is 0.269. The second-order valence-corrected chi connectivity index (χ2v) is 7.80. The summed E-state index contributed by atoms with van der Waals surface area (Å²) in [6.07, 6.45) is 0. The summed E-state index contributed by atoms with van der Waals surface area (Å²) in [5.74, 6) is -1.55. The molecule has 0 unspecified atom stereocenters. The Labute approximate surface area is 115 Å². The van der Waals surface area contributed by atoms with Crippen LogP contribution in [0.15, 0.2) is 10.3 Å². The Morgan fingerprint density at radius 3 is 2.39 bits per heavy atom.